The molecule has 0 bridgehead atoms. The van der Waals surface area contributed by atoms with Crippen LogP contribution in [0.2, 0.25) is 5.02 Å². The first-order chi connectivity index (χ1) is 9.99. The summed E-state index contributed by atoms with van der Waals surface area (Å²) in [6, 6.07) is 1.64. The molecule has 21 heavy (non-hydrogen) atoms. The minimum atomic E-state index is -0.377. The number of nitrogen functional groups attached to an aromatic ring is 1. The number of hydrogen-bond acceptors (Lipinski definition) is 6. The van der Waals surface area contributed by atoms with Crippen LogP contribution in [-0.4, -0.2) is 22.5 Å². The lowest BCUT2D eigenvalue weighted by molar-refractivity contribution is -0.384. The maximum absolute atomic E-state index is 11.4. The predicted octanol–water partition coefficient (Wildman–Crippen LogP) is 3.82. The molecule has 1 fully saturated rings. The van der Waals surface area contributed by atoms with Crippen molar-refractivity contribution in [1.29, 1.82) is 0 Å². The standard InChI is InChI=1S/C13H15ClN4O2S/c1-7-4-2-3-5-17(7)11-9(18(19)20)6-8(14)10-12(11)21-13(15)16-10/h6-7H,2-5H2,1H3,(H2,15,16)/t7-/m0/s1. The molecule has 3 rings (SSSR count). The molecule has 0 unspecified atom stereocenters. The van der Waals surface area contributed by atoms with Crippen LogP contribution in [0.4, 0.5) is 16.5 Å². The van der Waals surface area contributed by atoms with Crippen LogP contribution in [0.15, 0.2) is 6.07 Å². The number of benzene rings is 1. The summed E-state index contributed by atoms with van der Waals surface area (Å²) in [5, 5.41) is 12.1. The van der Waals surface area contributed by atoms with E-state index in [-0.39, 0.29) is 21.7 Å². The van der Waals surface area contributed by atoms with E-state index in [4.69, 9.17) is 17.3 Å². The third-order valence-electron chi connectivity index (χ3n) is 3.88. The molecular formula is C13H15ClN4O2S. The second kappa shape index (κ2) is 5.31. The third kappa shape index (κ3) is 2.40. The fraction of sp³-hybridized carbons (Fsp3) is 0.462. The number of aromatic nitrogens is 1. The van der Waals surface area contributed by atoms with Crippen molar-refractivity contribution in [2.75, 3.05) is 17.2 Å². The number of halogens is 1. The van der Waals surface area contributed by atoms with E-state index >= 15 is 0 Å². The van der Waals surface area contributed by atoms with Gasteiger partial charge in [0, 0.05) is 18.7 Å². The van der Waals surface area contributed by atoms with Gasteiger partial charge in [0.1, 0.15) is 11.2 Å². The van der Waals surface area contributed by atoms with Crippen molar-refractivity contribution < 1.29 is 4.92 Å². The van der Waals surface area contributed by atoms with Gasteiger partial charge < -0.3 is 10.6 Å². The Labute approximate surface area is 130 Å². The van der Waals surface area contributed by atoms with Gasteiger partial charge >= 0.3 is 0 Å². The molecule has 1 aliphatic heterocycles. The molecule has 0 radical (unpaired) electrons. The average molecular weight is 327 g/mol. The number of rotatable bonds is 2. The van der Waals surface area contributed by atoms with E-state index in [9.17, 15) is 10.1 Å². The summed E-state index contributed by atoms with van der Waals surface area (Å²) in [5.74, 6) is 0. The molecule has 0 saturated carbocycles. The summed E-state index contributed by atoms with van der Waals surface area (Å²) in [4.78, 5) is 17.4. The van der Waals surface area contributed by atoms with Gasteiger partial charge in [0.25, 0.3) is 5.69 Å². The highest BCUT2D eigenvalue weighted by atomic mass is 35.5. The van der Waals surface area contributed by atoms with E-state index in [2.05, 4.69) is 16.8 Å². The van der Waals surface area contributed by atoms with Crippen LogP contribution in [-0.2, 0) is 0 Å². The Morgan fingerprint density at radius 3 is 3.00 bits per heavy atom. The van der Waals surface area contributed by atoms with Crippen LogP contribution in [0.25, 0.3) is 10.2 Å². The Morgan fingerprint density at radius 1 is 1.57 bits per heavy atom. The molecule has 1 aliphatic rings. The van der Waals surface area contributed by atoms with E-state index in [1.807, 2.05) is 0 Å². The maximum Gasteiger partial charge on any atom is 0.295 e. The van der Waals surface area contributed by atoms with Gasteiger partial charge in [0.2, 0.25) is 0 Å². The quantitative estimate of drug-likeness (QED) is 0.669. The summed E-state index contributed by atoms with van der Waals surface area (Å²) < 4.78 is 0.709. The summed E-state index contributed by atoms with van der Waals surface area (Å²) in [7, 11) is 0. The number of nitro groups is 1. The van der Waals surface area contributed by atoms with Crippen molar-refractivity contribution in [3.05, 3.63) is 21.2 Å². The average Bonchev–Trinajstić information content (AvgIpc) is 2.82. The molecule has 1 atom stereocenters. The second-order valence-electron chi connectivity index (χ2n) is 5.25. The summed E-state index contributed by atoms with van der Waals surface area (Å²) in [6.45, 7) is 2.89. The normalized spacial score (nSPS) is 19.1. The molecule has 2 heterocycles. The van der Waals surface area contributed by atoms with Gasteiger partial charge in [-0.25, -0.2) is 4.98 Å². The van der Waals surface area contributed by atoms with Crippen LogP contribution in [0, 0.1) is 10.1 Å². The van der Waals surface area contributed by atoms with Crippen molar-refractivity contribution in [3.8, 4) is 0 Å². The Hall–Kier alpha value is -1.60. The molecule has 2 N–H and O–H groups in total. The number of nitrogens with two attached hydrogens (primary N) is 1. The Morgan fingerprint density at radius 2 is 2.33 bits per heavy atom. The molecule has 1 saturated heterocycles. The SMILES string of the molecule is C[C@H]1CCCCN1c1c([N+](=O)[O-])cc(Cl)c2nc(N)sc12. The van der Waals surface area contributed by atoms with E-state index in [0.717, 1.165) is 25.8 Å². The number of anilines is 2. The lowest BCUT2D eigenvalue weighted by Gasteiger charge is -2.35. The monoisotopic (exact) mass is 326 g/mol. The Balaban J connectivity index is 2.29. The van der Waals surface area contributed by atoms with Crippen LogP contribution < -0.4 is 10.6 Å². The number of nitro benzene ring substituents is 1. The molecule has 0 spiro atoms. The van der Waals surface area contributed by atoms with Gasteiger partial charge in [-0.1, -0.05) is 22.9 Å². The number of thiazole rings is 1. The van der Waals surface area contributed by atoms with Gasteiger partial charge in [-0.2, -0.15) is 0 Å². The summed E-state index contributed by atoms with van der Waals surface area (Å²) >= 11 is 7.39. The zero-order valence-electron chi connectivity index (χ0n) is 11.5. The highest BCUT2D eigenvalue weighted by Gasteiger charge is 2.30. The van der Waals surface area contributed by atoms with Crippen LogP contribution in [0.5, 0.6) is 0 Å². The first kappa shape index (κ1) is 14.3. The lowest BCUT2D eigenvalue weighted by atomic mass is 10.0. The molecule has 112 valence electrons. The van der Waals surface area contributed by atoms with Crippen LogP contribution in [0.1, 0.15) is 26.2 Å². The van der Waals surface area contributed by atoms with Crippen molar-refractivity contribution in [1.82, 2.24) is 4.98 Å². The van der Waals surface area contributed by atoms with Gasteiger partial charge in [-0.3, -0.25) is 10.1 Å². The molecule has 1 aromatic heterocycles. The van der Waals surface area contributed by atoms with E-state index in [0.29, 0.717) is 21.0 Å². The fourth-order valence-electron chi connectivity index (χ4n) is 2.88. The molecule has 2 aromatic rings. The van der Waals surface area contributed by atoms with Gasteiger partial charge in [0.05, 0.1) is 14.6 Å². The molecule has 8 heteroatoms. The van der Waals surface area contributed by atoms with Crippen molar-refractivity contribution in [2.45, 2.75) is 32.2 Å². The highest BCUT2D eigenvalue weighted by molar-refractivity contribution is 7.22. The van der Waals surface area contributed by atoms with Crippen LogP contribution >= 0.6 is 22.9 Å². The van der Waals surface area contributed by atoms with E-state index in [1.54, 1.807) is 0 Å². The third-order valence-corrected chi connectivity index (χ3v) is 5.06. The molecule has 6 nitrogen and oxygen atoms in total. The Kier molecular flexibility index (Phi) is 3.62. The largest absolute Gasteiger partial charge is 0.375 e. The zero-order chi connectivity index (χ0) is 15.1. The smallest absolute Gasteiger partial charge is 0.295 e. The van der Waals surface area contributed by atoms with Crippen molar-refractivity contribution in [2.24, 2.45) is 0 Å². The van der Waals surface area contributed by atoms with Crippen LogP contribution in [0.3, 0.4) is 0 Å². The maximum atomic E-state index is 11.4. The molecule has 0 amide bonds. The fourth-order valence-corrected chi connectivity index (χ4v) is 4.09. The summed E-state index contributed by atoms with van der Waals surface area (Å²) in [5.41, 5.74) is 6.98. The van der Waals surface area contributed by atoms with Gasteiger partial charge in [0.15, 0.2) is 5.13 Å². The number of piperidine rings is 1. The molecular weight excluding hydrogens is 312 g/mol. The summed E-state index contributed by atoms with van der Waals surface area (Å²) in [6.07, 6.45) is 3.20. The minimum absolute atomic E-state index is 0.0323. The van der Waals surface area contributed by atoms with Crippen molar-refractivity contribution in [3.63, 3.8) is 0 Å². The second-order valence-corrected chi connectivity index (χ2v) is 6.69. The Bertz CT molecular complexity index is 718. The molecule has 0 aliphatic carbocycles. The number of fused-ring (bicyclic) bond motifs is 1. The lowest BCUT2D eigenvalue weighted by Crippen LogP contribution is -2.37. The van der Waals surface area contributed by atoms with E-state index < -0.39 is 0 Å². The van der Waals surface area contributed by atoms with Crippen molar-refractivity contribution >= 4 is 49.7 Å². The number of hydrogen-bond donors (Lipinski definition) is 1. The molecule has 1 aromatic carbocycles. The predicted molar refractivity (Wildman–Crippen MR) is 86.4 cm³/mol. The first-order valence-electron chi connectivity index (χ1n) is 6.78. The van der Waals surface area contributed by atoms with Gasteiger partial charge in [-0.15, -0.1) is 0 Å². The first-order valence-corrected chi connectivity index (χ1v) is 7.98. The topological polar surface area (TPSA) is 85.3 Å². The minimum Gasteiger partial charge on any atom is -0.375 e. The number of nitrogens with zero attached hydrogens (tertiary/aromatic N) is 3. The zero-order valence-corrected chi connectivity index (χ0v) is 13.1. The highest BCUT2D eigenvalue weighted by Crippen LogP contribution is 2.45. The van der Waals surface area contributed by atoms with E-state index in [1.165, 1.54) is 17.4 Å². The van der Waals surface area contributed by atoms with Gasteiger partial charge in [-0.05, 0) is 26.2 Å².